The number of nitrogens with zero attached hydrogens (tertiary/aromatic N) is 6. The largest absolute Gasteiger partial charge is 0.330 e. The lowest BCUT2D eigenvalue weighted by atomic mass is 9.75. The lowest BCUT2D eigenvalue weighted by molar-refractivity contribution is -0.00376. The molecule has 29 heavy (non-hydrogen) atoms. The smallest absolute Gasteiger partial charge is 0.293 e. The van der Waals surface area contributed by atoms with E-state index in [0.29, 0.717) is 23.7 Å². The SMILES string of the molecule is Cc1ccc([C@@H]2CN(C(=O)c3nc4ncccn4n3)[C@@H]3C4CCN(CC4)[C@@H]32)cc1. The van der Waals surface area contributed by atoms with Gasteiger partial charge < -0.3 is 4.90 Å². The van der Waals surface area contributed by atoms with Gasteiger partial charge in [-0.2, -0.15) is 4.98 Å². The summed E-state index contributed by atoms with van der Waals surface area (Å²) in [4.78, 5) is 26.8. The molecule has 0 unspecified atom stereocenters. The van der Waals surface area contributed by atoms with E-state index in [0.717, 1.165) is 19.6 Å². The molecule has 7 rings (SSSR count). The van der Waals surface area contributed by atoms with Gasteiger partial charge in [0.1, 0.15) is 0 Å². The molecule has 7 heteroatoms. The van der Waals surface area contributed by atoms with Crippen molar-refractivity contribution in [1.82, 2.24) is 29.4 Å². The molecule has 0 aliphatic carbocycles. The highest BCUT2D eigenvalue weighted by molar-refractivity contribution is 5.91. The first kappa shape index (κ1) is 17.1. The summed E-state index contributed by atoms with van der Waals surface area (Å²) in [7, 11) is 0. The summed E-state index contributed by atoms with van der Waals surface area (Å²) in [5.41, 5.74) is 2.60. The number of carbonyl (C=O) groups excluding carboxylic acids is 1. The second-order valence-electron chi connectivity index (χ2n) is 8.63. The van der Waals surface area contributed by atoms with Crippen molar-refractivity contribution in [3.05, 3.63) is 59.7 Å². The lowest BCUT2D eigenvalue weighted by Crippen LogP contribution is -2.60. The Bertz CT molecular complexity index is 1040. The number of fused-ring (bicyclic) bond motifs is 3. The van der Waals surface area contributed by atoms with Crippen LogP contribution in [0.5, 0.6) is 0 Å². The maximum Gasteiger partial charge on any atom is 0.293 e. The fourth-order valence-corrected chi connectivity index (χ4v) is 5.71. The van der Waals surface area contributed by atoms with Crippen LogP contribution in [0.4, 0.5) is 0 Å². The molecule has 4 fully saturated rings. The summed E-state index contributed by atoms with van der Waals surface area (Å²) >= 11 is 0. The van der Waals surface area contributed by atoms with Crippen LogP contribution in [0.2, 0.25) is 0 Å². The maximum absolute atomic E-state index is 13.5. The van der Waals surface area contributed by atoms with Gasteiger partial charge in [0.2, 0.25) is 5.82 Å². The number of hydrogen-bond donors (Lipinski definition) is 0. The number of hydrogen-bond acceptors (Lipinski definition) is 5. The maximum atomic E-state index is 13.5. The summed E-state index contributed by atoms with van der Waals surface area (Å²) in [6.07, 6.45) is 5.80. The number of piperidine rings is 3. The lowest BCUT2D eigenvalue weighted by Gasteiger charge is -2.51. The Kier molecular flexibility index (Phi) is 3.74. The van der Waals surface area contributed by atoms with Crippen molar-refractivity contribution in [3.8, 4) is 0 Å². The van der Waals surface area contributed by atoms with Crippen molar-refractivity contribution in [3.63, 3.8) is 0 Å². The van der Waals surface area contributed by atoms with E-state index in [-0.39, 0.29) is 17.8 Å². The summed E-state index contributed by atoms with van der Waals surface area (Å²) in [5, 5.41) is 4.40. The highest BCUT2D eigenvalue weighted by atomic mass is 16.2. The van der Waals surface area contributed by atoms with E-state index in [1.165, 1.54) is 24.0 Å². The average molecular weight is 388 g/mol. The predicted octanol–water partition coefficient (Wildman–Crippen LogP) is 2.14. The molecule has 2 aromatic heterocycles. The molecule has 0 radical (unpaired) electrons. The quantitative estimate of drug-likeness (QED) is 0.673. The van der Waals surface area contributed by atoms with Gasteiger partial charge in [0.25, 0.3) is 11.7 Å². The van der Waals surface area contributed by atoms with Crippen LogP contribution in [0.3, 0.4) is 0 Å². The second-order valence-corrected chi connectivity index (χ2v) is 8.63. The Morgan fingerprint density at radius 3 is 2.66 bits per heavy atom. The Morgan fingerprint density at radius 2 is 1.90 bits per heavy atom. The average Bonchev–Trinajstić information content (AvgIpc) is 3.38. The zero-order chi connectivity index (χ0) is 19.5. The van der Waals surface area contributed by atoms with Crippen LogP contribution >= 0.6 is 0 Å². The molecular formula is C22H24N6O. The van der Waals surface area contributed by atoms with Crippen molar-refractivity contribution in [2.75, 3.05) is 19.6 Å². The van der Waals surface area contributed by atoms with Crippen molar-refractivity contribution >= 4 is 11.7 Å². The third kappa shape index (κ3) is 2.60. The Labute approximate surface area is 169 Å². The van der Waals surface area contributed by atoms with Crippen LogP contribution in [-0.2, 0) is 0 Å². The van der Waals surface area contributed by atoms with Gasteiger partial charge >= 0.3 is 0 Å². The number of aromatic nitrogens is 4. The van der Waals surface area contributed by atoms with Crippen LogP contribution in [0.25, 0.3) is 5.78 Å². The zero-order valence-corrected chi connectivity index (χ0v) is 16.5. The molecule has 0 spiro atoms. The minimum absolute atomic E-state index is 0.0612. The monoisotopic (exact) mass is 388 g/mol. The van der Waals surface area contributed by atoms with Crippen molar-refractivity contribution in [2.45, 2.75) is 37.8 Å². The molecule has 1 aromatic carbocycles. The van der Waals surface area contributed by atoms with Crippen molar-refractivity contribution in [2.24, 2.45) is 5.92 Å². The summed E-state index contributed by atoms with van der Waals surface area (Å²) < 4.78 is 1.58. The van der Waals surface area contributed by atoms with Gasteiger partial charge in [0.05, 0.1) is 6.04 Å². The summed E-state index contributed by atoms with van der Waals surface area (Å²) in [6.45, 7) is 5.14. The van der Waals surface area contributed by atoms with E-state index in [1.807, 2.05) is 0 Å². The normalized spacial score (nSPS) is 30.7. The van der Waals surface area contributed by atoms with Crippen LogP contribution < -0.4 is 0 Å². The molecule has 4 aliphatic heterocycles. The van der Waals surface area contributed by atoms with E-state index in [1.54, 1.807) is 23.0 Å². The molecule has 3 atom stereocenters. The standard InChI is InChI=1S/C22H24N6O/c1-14-3-5-15(6-4-14)17-13-27(18-16-7-11-26(12-8-16)19(17)18)21(29)20-24-22-23-9-2-10-28(22)25-20/h2-6,9-10,16-19H,7-8,11-13H2,1H3/t17-,18+,19+/m0/s1. The molecule has 6 heterocycles. The molecular weight excluding hydrogens is 364 g/mol. The molecule has 0 saturated carbocycles. The van der Waals surface area contributed by atoms with E-state index in [9.17, 15) is 4.79 Å². The topological polar surface area (TPSA) is 66.6 Å². The van der Waals surface area contributed by atoms with Crippen LogP contribution in [0, 0.1) is 12.8 Å². The number of rotatable bonds is 2. The molecule has 7 nitrogen and oxygen atoms in total. The van der Waals surface area contributed by atoms with E-state index >= 15 is 0 Å². The highest BCUT2D eigenvalue weighted by Crippen LogP contribution is 2.46. The summed E-state index contributed by atoms with van der Waals surface area (Å²) in [5.74, 6) is 1.57. The number of carbonyl (C=O) groups is 1. The first-order valence-electron chi connectivity index (χ1n) is 10.5. The van der Waals surface area contributed by atoms with Gasteiger partial charge in [0.15, 0.2) is 0 Å². The number of aryl methyl sites for hydroxylation is 1. The Hall–Kier alpha value is -2.80. The van der Waals surface area contributed by atoms with Gasteiger partial charge in [-0.3, -0.25) is 9.69 Å². The number of likely N-dealkylation sites (tertiary alicyclic amines) is 1. The third-order valence-corrected chi connectivity index (χ3v) is 7.07. The zero-order valence-electron chi connectivity index (χ0n) is 16.5. The fourth-order valence-electron chi connectivity index (χ4n) is 5.71. The molecule has 4 saturated heterocycles. The van der Waals surface area contributed by atoms with Gasteiger partial charge in [0, 0.05) is 30.9 Å². The minimum atomic E-state index is -0.0612. The first-order chi connectivity index (χ1) is 14.2. The third-order valence-electron chi connectivity index (χ3n) is 7.07. The highest BCUT2D eigenvalue weighted by Gasteiger charge is 2.55. The molecule has 1 amide bonds. The Morgan fingerprint density at radius 1 is 1.10 bits per heavy atom. The number of benzene rings is 1. The van der Waals surface area contributed by atoms with Crippen LogP contribution in [0.1, 0.15) is 40.5 Å². The second kappa shape index (κ2) is 6.35. The summed E-state index contributed by atoms with van der Waals surface area (Å²) in [6, 6.07) is 11.3. The van der Waals surface area contributed by atoms with Gasteiger partial charge in [-0.05, 0) is 50.4 Å². The Balaban J connectivity index is 1.39. The number of amides is 1. The van der Waals surface area contributed by atoms with Crippen LogP contribution in [-0.4, -0.2) is 67.0 Å². The van der Waals surface area contributed by atoms with Crippen molar-refractivity contribution in [1.29, 1.82) is 0 Å². The predicted molar refractivity (Wildman–Crippen MR) is 108 cm³/mol. The molecule has 4 aliphatic rings. The first-order valence-corrected chi connectivity index (χ1v) is 10.5. The van der Waals surface area contributed by atoms with Gasteiger partial charge in [-0.1, -0.05) is 29.8 Å². The molecule has 148 valence electrons. The van der Waals surface area contributed by atoms with E-state index in [2.05, 4.69) is 56.1 Å². The fraction of sp³-hybridized carbons (Fsp3) is 0.455. The minimum Gasteiger partial charge on any atom is -0.330 e. The van der Waals surface area contributed by atoms with Crippen molar-refractivity contribution < 1.29 is 4.79 Å². The van der Waals surface area contributed by atoms with Gasteiger partial charge in [-0.25, -0.2) is 9.50 Å². The van der Waals surface area contributed by atoms with Gasteiger partial charge in [-0.15, -0.1) is 5.10 Å². The molecule has 3 aromatic rings. The molecule has 2 bridgehead atoms. The van der Waals surface area contributed by atoms with E-state index < -0.39 is 0 Å². The molecule has 0 N–H and O–H groups in total. The van der Waals surface area contributed by atoms with E-state index in [4.69, 9.17) is 0 Å². The van der Waals surface area contributed by atoms with Crippen LogP contribution in [0.15, 0.2) is 42.7 Å².